The SMILES string of the molecule is CC(c1ccc(S(C)(=O)=O)cc1)N(C)Cc1ccc([N+](=O)[O-])cc1. The second kappa shape index (κ2) is 7.11. The van der Waals surface area contributed by atoms with Crippen LogP contribution in [0.1, 0.15) is 24.1 Å². The molecule has 24 heavy (non-hydrogen) atoms. The van der Waals surface area contributed by atoms with Gasteiger partial charge in [0.05, 0.1) is 9.82 Å². The van der Waals surface area contributed by atoms with E-state index in [1.54, 1.807) is 24.3 Å². The molecule has 0 amide bonds. The van der Waals surface area contributed by atoms with Crippen LogP contribution >= 0.6 is 0 Å². The summed E-state index contributed by atoms with van der Waals surface area (Å²) < 4.78 is 23.0. The average molecular weight is 348 g/mol. The number of sulfone groups is 1. The first-order valence-corrected chi connectivity index (χ1v) is 9.31. The highest BCUT2D eigenvalue weighted by Gasteiger charge is 2.14. The van der Waals surface area contributed by atoms with Crippen LogP contribution < -0.4 is 0 Å². The Hall–Kier alpha value is -2.25. The van der Waals surface area contributed by atoms with Crippen LogP contribution in [0, 0.1) is 10.1 Å². The second-order valence-electron chi connectivity index (χ2n) is 5.86. The molecule has 0 spiro atoms. The van der Waals surface area contributed by atoms with Crippen LogP contribution in [0.15, 0.2) is 53.4 Å². The van der Waals surface area contributed by atoms with Crippen molar-refractivity contribution >= 4 is 15.5 Å². The number of nitrogens with zero attached hydrogens (tertiary/aromatic N) is 2. The predicted molar refractivity (Wildman–Crippen MR) is 92.5 cm³/mol. The summed E-state index contributed by atoms with van der Waals surface area (Å²) in [7, 11) is -1.24. The number of nitro groups is 1. The van der Waals surface area contributed by atoms with Gasteiger partial charge in [-0.1, -0.05) is 24.3 Å². The molecule has 0 fully saturated rings. The second-order valence-corrected chi connectivity index (χ2v) is 7.87. The van der Waals surface area contributed by atoms with E-state index < -0.39 is 14.8 Å². The van der Waals surface area contributed by atoms with Crippen molar-refractivity contribution in [3.8, 4) is 0 Å². The number of rotatable bonds is 6. The zero-order valence-electron chi connectivity index (χ0n) is 13.8. The normalized spacial score (nSPS) is 13.0. The molecule has 0 saturated heterocycles. The number of nitro benzene ring substituents is 1. The van der Waals surface area contributed by atoms with Gasteiger partial charge in [0.2, 0.25) is 0 Å². The molecule has 7 heteroatoms. The van der Waals surface area contributed by atoms with Crippen molar-refractivity contribution < 1.29 is 13.3 Å². The van der Waals surface area contributed by atoms with E-state index >= 15 is 0 Å². The summed E-state index contributed by atoms with van der Waals surface area (Å²) in [5.74, 6) is 0. The van der Waals surface area contributed by atoms with E-state index in [2.05, 4.69) is 4.90 Å². The Morgan fingerprint density at radius 3 is 2.08 bits per heavy atom. The van der Waals surface area contributed by atoms with Crippen LogP contribution in [0.3, 0.4) is 0 Å². The summed E-state index contributed by atoms with van der Waals surface area (Å²) in [6, 6.07) is 13.4. The fraction of sp³-hybridized carbons (Fsp3) is 0.294. The summed E-state index contributed by atoms with van der Waals surface area (Å²) in [4.78, 5) is 12.7. The zero-order chi connectivity index (χ0) is 17.9. The quantitative estimate of drug-likeness (QED) is 0.591. The first-order chi connectivity index (χ1) is 11.2. The van der Waals surface area contributed by atoms with Crippen molar-refractivity contribution in [1.82, 2.24) is 4.90 Å². The van der Waals surface area contributed by atoms with Crippen LogP contribution in [0.4, 0.5) is 5.69 Å². The van der Waals surface area contributed by atoms with Crippen molar-refractivity contribution in [1.29, 1.82) is 0 Å². The molecule has 2 aromatic carbocycles. The lowest BCUT2D eigenvalue weighted by molar-refractivity contribution is -0.384. The number of hydrogen-bond donors (Lipinski definition) is 0. The largest absolute Gasteiger partial charge is 0.295 e. The van der Waals surface area contributed by atoms with Gasteiger partial charge >= 0.3 is 0 Å². The van der Waals surface area contributed by atoms with Crippen molar-refractivity contribution in [2.75, 3.05) is 13.3 Å². The van der Waals surface area contributed by atoms with Gasteiger partial charge in [-0.3, -0.25) is 15.0 Å². The van der Waals surface area contributed by atoms with E-state index in [0.29, 0.717) is 11.4 Å². The van der Waals surface area contributed by atoms with E-state index in [0.717, 1.165) is 11.1 Å². The molecule has 1 atom stereocenters. The predicted octanol–water partition coefficient (Wildman–Crippen LogP) is 3.19. The van der Waals surface area contributed by atoms with E-state index in [4.69, 9.17) is 0 Å². The van der Waals surface area contributed by atoms with Crippen LogP contribution in [0.2, 0.25) is 0 Å². The lowest BCUT2D eigenvalue weighted by Gasteiger charge is -2.25. The van der Waals surface area contributed by atoms with Crippen molar-refractivity contribution in [3.05, 3.63) is 69.8 Å². The van der Waals surface area contributed by atoms with Crippen LogP contribution in [0.5, 0.6) is 0 Å². The standard InChI is InChI=1S/C17H20N2O4S/c1-13(15-6-10-17(11-7-15)24(3,22)23)18(2)12-14-4-8-16(9-5-14)19(20)21/h4-11,13H,12H2,1-3H3. The molecule has 0 N–H and O–H groups in total. The van der Waals surface area contributed by atoms with Gasteiger partial charge in [0.15, 0.2) is 9.84 Å². The van der Waals surface area contributed by atoms with Gasteiger partial charge in [0.25, 0.3) is 5.69 Å². The topological polar surface area (TPSA) is 80.5 Å². The van der Waals surface area contributed by atoms with E-state index in [-0.39, 0.29) is 11.7 Å². The molecule has 2 rings (SSSR count). The lowest BCUT2D eigenvalue weighted by atomic mass is 10.1. The molecular weight excluding hydrogens is 328 g/mol. The molecule has 0 aliphatic carbocycles. The molecule has 1 unspecified atom stereocenters. The minimum absolute atomic E-state index is 0.0748. The zero-order valence-corrected chi connectivity index (χ0v) is 14.7. The first kappa shape index (κ1) is 18.1. The highest BCUT2D eigenvalue weighted by molar-refractivity contribution is 7.90. The molecule has 0 aliphatic rings. The van der Waals surface area contributed by atoms with Gasteiger partial charge in [-0.2, -0.15) is 0 Å². The third kappa shape index (κ3) is 4.39. The molecule has 128 valence electrons. The summed E-state index contributed by atoms with van der Waals surface area (Å²) in [6.45, 7) is 2.66. The highest BCUT2D eigenvalue weighted by Crippen LogP contribution is 2.23. The Labute approximate surface area is 141 Å². The first-order valence-electron chi connectivity index (χ1n) is 7.42. The molecule has 0 heterocycles. The van der Waals surface area contributed by atoms with Gasteiger partial charge in [0, 0.05) is 31.0 Å². The van der Waals surface area contributed by atoms with Crippen LogP contribution in [-0.4, -0.2) is 31.5 Å². The minimum Gasteiger partial charge on any atom is -0.295 e. The van der Waals surface area contributed by atoms with Gasteiger partial charge in [0.1, 0.15) is 0 Å². The molecule has 0 aromatic heterocycles. The summed E-state index contributed by atoms with van der Waals surface area (Å²) in [5.41, 5.74) is 2.06. The molecule has 0 aliphatic heterocycles. The van der Waals surface area contributed by atoms with Gasteiger partial charge in [-0.25, -0.2) is 8.42 Å². The fourth-order valence-corrected chi connectivity index (χ4v) is 3.03. The summed E-state index contributed by atoms with van der Waals surface area (Å²) >= 11 is 0. The minimum atomic E-state index is -3.19. The number of benzene rings is 2. The van der Waals surface area contributed by atoms with Crippen molar-refractivity contribution in [2.45, 2.75) is 24.4 Å². The molecular formula is C17H20N2O4S. The van der Waals surface area contributed by atoms with E-state index in [9.17, 15) is 18.5 Å². The maximum absolute atomic E-state index is 11.5. The Morgan fingerprint density at radius 2 is 1.62 bits per heavy atom. The highest BCUT2D eigenvalue weighted by atomic mass is 32.2. The Balaban J connectivity index is 2.08. The third-order valence-corrected chi connectivity index (χ3v) is 5.16. The van der Waals surface area contributed by atoms with E-state index in [1.807, 2.05) is 26.1 Å². The van der Waals surface area contributed by atoms with Crippen LogP contribution in [-0.2, 0) is 16.4 Å². The smallest absolute Gasteiger partial charge is 0.269 e. The monoisotopic (exact) mass is 348 g/mol. The lowest BCUT2D eigenvalue weighted by Crippen LogP contribution is -2.22. The van der Waals surface area contributed by atoms with Gasteiger partial charge in [-0.15, -0.1) is 0 Å². The maximum atomic E-state index is 11.5. The molecule has 0 saturated carbocycles. The average Bonchev–Trinajstić information content (AvgIpc) is 2.54. The van der Waals surface area contributed by atoms with E-state index in [1.165, 1.54) is 18.4 Å². The molecule has 0 radical (unpaired) electrons. The number of non-ortho nitro benzene ring substituents is 1. The van der Waals surface area contributed by atoms with Crippen molar-refractivity contribution in [2.24, 2.45) is 0 Å². The van der Waals surface area contributed by atoms with Crippen LogP contribution in [0.25, 0.3) is 0 Å². The third-order valence-electron chi connectivity index (χ3n) is 4.03. The Bertz CT molecular complexity index is 815. The molecule has 0 bridgehead atoms. The number of hydrogen-bond acceptors (Lipinski definition) is 5. The molecule has 6 nitrogen and oxygen atoms in total. The maximum Gasteiger partial charge on any atom is 0.269 e. The summed E-state index contributed by atoms with van der Waals surface area (Å²) in [5, 5.41) is 10.7. The Kier molecular flexibility index (Phi) is 5.36. The van der Waals surface area contributed by atoms with Gasteiger partial charge < -0.3 is 0 Å². The Morgan fingerprint density at radius 1 is 1.08 bits per heavy atom. The van der Waals surface area contributed by atoms with Gasteiger partial charge in [-0.05, 0) is 37.2 Å². The molecule has 2 aromatic rings. The fourth-order valence-electron chi connectivity index (χ4n) is 2.40. The summed E-state index contributed by atoms with van der Waals surface area (Å²) in [6.07, 6.45) is 1.19. The van der Waals surface area contributed by atoms with Crippen molar-refractivity contribution in [3.63, 3.8) is 0 Å².